The largest absolute Gasteiger partial charge is 0.341 e. The second-order valence-corrected chi connectivity index (χ2v) is 6.48. The number of rotatable bonds is 6. The minimum Gasteiger partial charge on any atom is -0.341 e. The average molecular weight is 281 g/mol. The fourth-order valence-electron chi connectivity index (χ4n) is 3.46. The monoisotopic (exact) mass is 281 g/mol. The highest BCUT2D eigenvalue weighted by Crippen LogP contribution is 2.21. The first-order chi connectivity index (χ1) is 9.68. The van der Waals surface area contributed by atoms with E-state index in [0.29, 0.717) is 0 Å². The molecule has 4 heteroatoms. The molecule has 1 heterocycles. The molecule has 0 aromatic heterocycles. The van der Waals surface area contributed by atoms with Crippen LogP contribution in [-0.4, -0.2) is 61.0 Å². The summed E-state index contributed by atoms with van der Waals surface area (Å²) < 4.78 is 0. The normalized spacial score (nSPS) is 22.4. The Hall–Kier alpha value is -0.610. The standard InChI is InChI=1S/C16H31N3O/c1-14(16(20)19-11-6-3-7-12-19)17-10-13-18(2)15-8-4-5-9-15/h14-15,17H,3-13H2,1-2H3. The maximum absolute atomic E-state index is 12.3. The van der Waals surface area contributed by atoms with E-state index in [1.807, 2.05) is 11.8 Å². The molecule has 2 fully saturated rings. The highest BCUT2D eigenvalue weighted by atomic mass is 16.2. The Kier molecular flexibility index (Phi) is 6.30. The van der Waals surface area contributed by atoms with Crippen LogP contribution < -0.4 is 5.32 Å². The Morgan fingerprint density at radius 1 is 1.20 bits per heavy atom. The molecule has 1 saturated carbocycles. The van der Waals surface area contributed by atoms with Gasteiger partial charge in [-0.05, 0) is 46.1 Å². The molecule has 1 aliphatic carbocycles. The van der Waals surface area contributed by atoms with Crippen molar-refractivity contribution in [1.29, 1.82) is 0 Å². The number of carbonyl (C=O) groups excluding carboxylic acids is 1. The van der Waals surface area contributed by atoms with E-state index in [4.69, 9.17) is 0 Å². The fourth-order valence-corrected chi connectivity index (χ4v) is 3.46. The van der Waals surface area contributed by atoms with Gasteiger partial charge in [-0.15, -0.1) is 0 Å². The molecule has 116 valence electrons. The van der Waals surface area contributed by atoms with Crippen LogP contribution in [0.3, 0.4) is 0 Å². The smallest absolute Gasteiger partial charge is 0.239 e. The molecule has 1 saturated heterocycles. The molecule has 0 bridgehead atoms. The van der Waals surface area contributed by atoms with Crippen molar-refractivity contribution >= 4 is 5.91 Å². The van der Waals surface area contributed by atoms with Crippen molar-refractivity contribution in [1.82, 2.24) is 15.1 Å². The van der Waals surface area contributed by atoms with Crippen molar-refractivity contribution in [3.8, 4) is 0 Å². The average Bonchev–Trinajstić information content (AvgIpc) is 3.01. The molecule has 1 N–H and O–H groups in total. The lowest BCUT2D eigenvalue weighted by Gasteiger charge is -2.30. The molecule has 1 aliphatic heterocycles. The first-order valence-corrected chi connectivity index (χ1v) is 8.41. The molecule has 2 rings (SSSR count). The van der Waals surface area contributed by atoms with E-state index < -0.39 is 0 Å². The minimum absolute atomic E-state index is 0.0370. The summed E-state index contributed by atoms with van der Waals surface area (Å²) in [6, 6.07) is 0.731. The summed E-state index contributed by atoms with van der Waals surface area (Å²) in [7, 11) is 2.22. The lowest BCUT2D eigenvalue weighted by atomic mass is 10.1. The van der Waals surface area contributed by atoms with Gasteiger partial charge < -0.3 is 15.1 Å². The summed E-state index contributed by atoms with van der Waals surface area (Å²) in [5, 5.41) is 3.40. The zero-order valence-electron chi connectivity index (χ0n) is 13.2. The summed E-state index contributed by atoms with van der Waals surface area (Å²) in [5.74, 6) is 0.285. The molecular formula is C16H31N3O. The molecule has 2 aliphatic rings. The molecule has 20 heavy (non-hydrogen) atoms. The quantitative estimate of drug-likeness (QED) is 0.807. The Morgan fingerprint density at radius 3 is 2.50 bits per heavy atom. The fraction of sp³-hybridized carbons (Fsp3) is 0.938. The predicted molar refractivity (Wildman–Crippen MR) is 82.8 cm³/mol. The molecule has 0 aromatic carbocycles. The third kappa shape index (κ3) is 4.45. The molecule has 1 amide bonds. The zero-order valence-corrected chi connectivity index (χ0v) is 13.2. The lowest BCUT2D eigenvalue weighted by molar-refractivity contribution is -0.133. The van der Waals surface area contributed by atoms with E-state index in [0.717, 1.165) is 32.2 Å². The highest BCUT2D eigenvalue weighted by Gasteiger charge is 2.22. The third-order valence-corrected chi connectivity index (χ3v) is 4.90. The Morgan fingerprint density at radius 2 is 1.85 bits per heavy atom. The van der Waals surface area contributed by atoms with E-state index in [2.05, 4.69) is 17.3 Å². The van der Waals surface area contributed by atoms with Crippen molar-refractivity contribution in [3.63, 3.8) is 0 Å². The number of carbonyl (C=O) groups is 1. The number of hydrogen-bond acceptors (Lipinski definition) is 3. The highest BCUT2D eigenvalue weighted by molar-refractivity contribution is 5.81. The first-order valence-electron chi connectivity index (χ1n) is 8.41. The van der Waals surface area contributed by atoms with Gasteiger partial charge in [0.25, 0.3) is 0 Å². The van der Waals surface area contributed by atoms with Gasteiger partial charge in [-0.1, -0.05) is 12.8 Å². The van der Waals surface area contributed by atoms with Gasteiger partial charge >= 0.3 is 0 Å². The van der Waals surface area contributed by atoms with Crippen LogP contribution in [0.1, 0.15) is 51.9 Å². The second-order valence-electron chi connectivity index (χ2n) is 6.48. The molecule has 0 spiro atoms. The predicted octanol–water partition coefficient (Wildman–Crippen LogP) is 1.85. The van der Waals surface area contributed by atoms with Gasteiger partial charge in [0.2, 0.25) is 5.91 Å². The van der Waals surface area contributed by atoms with Crippen LogP contribution in [0.15, 0.2) is 0 Å². The van der Waals surface area contributed by atoms with Crippen LogP contribution in [-0.2, 0) is 4.79 Å². The minimum atomic E-state index is -0.0370. The lowest BCUT2D eigenvalue weighted by Crippen LogP contribution is -2.48. The molecule has 1 atom stereocenters. The van der Waals surface area contributed by atoms with Gasteiger partial charge in [-0.3, -0.25) is 4.79 Å². The van der Waals surface area contributed by atoms with Gasteiger partial charge in [0, 0.05) is 32.2 Å². The topological polar surface area (TPSA) is 35.6 Å². The Bertz CT molecular complexity index is 296. The number of hydrogen-bond donors (Lipinski definition) is 1. The van der Waals surface area contributed by atoms with E-state index in [1.165, 1.54) is 44.9 Å². The second kappa shape index (κ2) is 7.99. The van der Waals surface area contributed by atoms with Gasteiger partial charge in [-0.2, -0.15) is 0 Å². The number of nitrogens with zero attached hydrogens (tertiary/aromatic N) is 2. The number of likely N-dealkylation sites (N-methyl/N-ethyl adjacent to an activating group) is 1. The number of amides is 1. The number of piperidine rings is 1. The summed E-state index contributed by atoms with van der Waals surface area (Å²) in [6.45, 7) is 5.86. The molecule has 4 nitrogen and oxygen atoms in total. The summed E-state index contributed by atoms with van der Waals surface area (Å²) in [4.78, 5) is 16.8. The third-order valence-electron chi connectivity index (χ3n) is 4.90. The SMILES string of the molecule is CC(NCCN(C)C1CCCC1)C(=O)N1CCCCC1. The van der Waals surface area contributed by atoms with E-state index in [1.54, 1.807) is 0 Å². The van der Waals surface area contributed by atoms with Crippen LogP contribution in [0.4, 0.5) is 0 Å². The van der Waals surface area contributed by atoms with Crippen LogP contribution in [0.2, 0.25) is 0 Å². The molecule has 0 aromatic rings. The number of likely N-dealkylation sites (tertiary alicyclic amines) is 1. The summed E-state index contributed by atoms with van der Waals surface area (Å²) >= 11 is 0. The van der Waals surface area contributed by atoms with Gasteiger partial charge in [0.15, 0.2) is 0 Å². The Balaban J connectivity index is 1.63. The van der Waals surface area contributed by atoms with E-state index in [9.17, 15) is 4.79 Å². The van der Waals surface area contributed by atoms with Gasteiger partial charge in [0.1, 0.15) is 0 Å². The van der Waals surface area contributed by atoms with Crippen molar-refractivity contribution in [2.45, 2.75) is 64.0 Å². The van der Waals surface area contributed by atoms with Gasteiger partial charge in [-0.25, -0.2) is 0 Å². The van der Waals surface area contributed by atoms with Crippen molar-refractivity contribution in [2.24, 2.45) is 0 Å². The summed E-state index contributed by atoms with van der Waals surface area (Å²) in [6.07, 6.45) is 9.07. The van der Waals surface area contributed by atoms with Crippen molar-refractivity contribution < 1.29 is 4.79 Å². The molecular weight excluding hydrogens is 250 g/mol. The van der Waals surface area contributed by atoms with Crippen molar-refractivity contribution in [2.75, 3.05) is 33.2 Å². The van der Waals surface area contributed by atoms with E-state index >= 15 is 0 Å². The van der Waals surface area contributed by atoms with E-state index in [-0.39, 0.29) is 11.9 Å². The first kappa shape index (κ1) is 15.8. The van der Waals surface area contributed by atoms with Crippen LogP contribution in [0, 0.1) is 0 Å². The summed E-state index contributed by atoms with van der Waals surface area (Å²) in [5.41, 5.74) is 0. The van der Waals surface area contributed by atoms with Crippen LogP contribution in [0.25, 0.3) is 0 Å². The molecule has 0 radical (unpaired) electrons. The number of nitrogens with one attached hydrogen (secondary N) is 1. The maximum atomic E-state index is 12.3. The maximum Gasteiger partial charge on any atom is 0.239 e. The van der Waals surface area contributed by atoms with Crippen LogP contribution >= 0.6 is 0 Å². The van der Waals surface area contributed by atoms with Crippen molar-refractivity contribution in [3.05, 3.63) is 0 Å². The zero-order chi connectivity index (χ0) is 14.4. The molecule has 1 unspecified atom stereocenters. The Labute approximate surface area is 123 Å². The van der Waals surface area contributed by atoms with Crippen LogP contribution in [0.5, 0.6) is 0 Å². The van der Waals surface area contributed by atoms with Gasteiger partial charge in [0.05, 0.1) is 6.04 Å².